The number of rotatable bonds is 6. The average Bonchev–Trinajstić information content (AvgIpc) is 2.24. The third-order valence-electron chi connectivity index (χ3n) is 2.89. The van der Waals surface area contributed by atoms with Gasteiger partial charge >= 0.3 is 0 Å². The second-order valence-corrected chi connectivity index (χ2v) is 4.76. The molecule has 0 spiro atoms. The van der Waals surface area contributed by atoms with E-state index in [0.29, 0.717) is 11.9 Å². The number of aromatic nitrogens is 1. The molecular formula is C13H24N4. The van der Waals surface area contributed by atoms with Crippen molar-refractivity contribution in [2.75, 3.05) is 32.9 Å². The zero-order chi connectivity index (χ0) is 12.8. The van der Waals surface area contributed by atoms with Crippen molar-refractivity contribution in [3.8, 4) is 0 Å². The van der Waals surface area contributed by atoms with Crippen molar-refractivity contribution in [3.63, 3.8) is 0 Å². The Kier molecular flexibility index (Phi) is 5.38. The lowest BCUT2D eigenvalue weighted by atomic mass is 10.2. The highest BCUT2D eigenvalue weighted by molar-refractivity contribution is 5.31. The van der Waals surface area contributed by atoms with Crippen molar-refractivity contribution in [1.29, 1.82) is 0 Å². The molecule has 0 bridgehead atoms. The second kappa shape index (κ2) is 6.57. The summed E-state index contributed by atoms with van der Waals surface area (Å²) in [6.45, 7) is 7.48. The molecule has 1 aromatic heterocycles. The van der Waals surface area contributed by atoms with Gasteiger partial charge in [0.25, 0.3) is 0 Å². The summed E-state index contributed by atoms with van der Waals surface area (Å²) in [5.41, 5.74) is 6.92. The standard InChI is InChI=1S/C13H24N4/c1-5-17(11(2)9-16(3)4)10-12-6-7-15-13(14)8-12/h6-8,11H,5,9-10H2,1-4H3,(H2,14,15). The first-order valence-corrected chi connectivity index (χ1v) is 6.12. The van der Waals surface area contributed by atoms with E-state index in [0.717, 1.165) is 19.6 Å². The van der Waals surface area contributed by atoms with Gasteiger partial charge < -0.3 is 10.6 Å². The van der Waals surface area contributed by atoms with Crippen molar-refractivity contribution in [2.45, 2.75) is 26.4 Å². The molecule has 1 rings (SSSR count). The Hall–Kier alpha value is -1.13. The van der Waals surface area contributed by atoms with Gasteiger partial charge in [0, 0.05) is 25.3 Å². The van der Waals surface area contributed by atoms with E-state index < -0.39 is 0 Å². The van der Waals surface area contributed by atoms with E-state index in [2.05, 4.69) is 42.7 Å². The number of likely N-dealkylation sites (N-methyl/N-ethyl adjacent to an activating group) is 2. The zero-order valence-electron chi connectivity index (χ0n) is 11.3. The van der Waals surface area contributed by atoms with Crippen molar-refractivity contribution in [3.05, 3.63) is 23.9 Å². The van der Waals surface area contributed by atoms with E-state index in [-0.39, 0.29) is 0 Å². The lowest BCUT2D eigenvalue weighted by Crippen LogP contribution is -2.39. The maximum atomic E-state index is 5.69. The van der Waals surface area contributed by atoms with E-state index in [4.69, 9.17) is 5.73 Å². The van der Waals surface area contributed by atoms with Gasteiger partial charge in [-0.1, -0.05) is 6.92 Å². The first-order chi connectivity index (χ1) is 8.02. The number of hydrogen-bond acceptors (Lipinski definition) is 4. The van der Waals surface area contributed by atoms with Gasteiger partial charge in [-0.3, -0.25) is 4.90 Å². The number of nitrogen functional groups attached to an aromatic ring is 1. The molecule has 0 aromatic carbocycles. The maximum absolute atomic E-state index is 5.69. The van der Waals surface area contributed by atoms with E-state index >= 15 is 0 Å². The summed E-state index contributed by atoms with van der Waals surface area (Å²) in [6, 6.07) is 4.51. The number of pyridine rings is 1. The average molecular weight is 236 g/mol. The minimum atomic E-state index is 0.532. The van der Waals surface area contributed by atoms with Crippen LogP contribution in [-0.4, -0.2) is 48.0 Å². The molecule has 0 saturated heterocycles. The summed E-state index contributed by atoms with van der Waals surface area (Å²) in [5.74, 6) is 0.596. The van der Waals surface area contributed by atoms with Gasteiger partial charge in [-0.25, -0.2) is 4.98 Å². The van der Waals surface area contributed by atoms with Crippen molar-refractivity contribution in [1.82, 2.24) is 14.8 Å². The molecule has 4 nitrogen and oxygen atoms in total. The second-order valence-electron chi connectivity index (χ2n) is 4.76. The molecule has 17 heavy (non-hydrogen) atoms. The minimum Gasteiger partial charge on any atom is -0.384 e. The highest BCUT2D eigenvalue weighted by Crippen LogP contribution is 2.10. The van der Waals surface area contributed by atoms with Crippen LogP contribution in [0.1, 0.15) is 19.4 Å². The third kappa shape index (κ3) is 4.71. The molecule has 4 heteroatoms. The Bertz CT molecular complexity index is 338. The van der Waals surface area contributed by atoms with Crippen LogP contribution >= 0.6 is 0 Å². The molecule has 1 atom stereocenters. The predicted octanol–water partition coefficient (Wildman–Crippen LogP) is 1.44. The molecule has 96 valence electrons. The van der Waals surface area contributed by atoms with Gasteiger partial charge in [-0.05, 0) is 45.3 Å². The predicted molar refractivity (Wildman–Crippen MR) is 72.7 cm³/mol. The van der Waals surface area contributed by atoms with E-state index in [1.54, 1.807) is 6.20 Å². The topological polar surface area (TPSA) is 45.4 Å². The normalized spacial score (nSPS) is 13.3. The first-order valence-electron chi connectivity index (χ1n) is 6.12. The van der Waals surface area contributed by atoms with Crippen LogP contribution in [0.3, 0.4) is 0 Å². The van der Waals surface area contributed by atoms with Crippen LogP contribution in [0.4, 0.5) is 5.82 Å². The number of nitrogens with zero attached hydrogens (tertiary/aromatic N) is 3. The summed E-state index contributed by atoms with van der Waals surface area (Å²) in [7, 11) is 4.21. The van der Waals surface area contributed by atoms with Crippen LogP contribution in [-0.2, 0) is 6.54 Å². The lowest BCUT2D eigenvalue weighted by Gasteiger charge is -2.30. The minimum absolute atomic E-state index is 0.532. The Morgan fingerprint density at radius 3 is 2.65 bits per heavy atom. The molecule has 0 saturated carbocycles. The van der Waals surface area contributed by atoms with Gasteiger partial charge in [0.15, 0.2) is 0 Å². The molecule has 0 aliphatic heterocycles. The molecule has 1 aromatic rings. The van der Waals surface area contributed by atoms with E-state index in [1.165, 1.54) is 5.56 Å². The summed E-state index contributed by atoms with van der Waals surface area (Å²) in [6.07, 6.45) is 1.77. The van der Waals surface area contributed by atoms with E-state index in [9.17, 15) is 0 Å². The monoisotopic (exact) mass is 236 g/mol. The lowest BCUT2D eigenvalue weighted by molar-refractivity contribution is 0.174. The highest BCUT2D eigenvalue weighted by Gasteiger charge is 2.13. The van der Waals surface area contributed by atoms with Crippen molar-refractivity contribution >= 4 is 5.82 Å². The van der Waals surface area contributed by atoms with Crippen molar-refractivity contribution < 1.29 is 0 Å². The third-order valence-corrected chi connectivity index (χ3v) is 2.89. The molecule has 1 unspecified atom stereocenters. The molecule has 0 aliphatic rings. The van der Waals surface area contributed by atoms with Crippen LogP contribution in [0.2, 0.25) is 0 Å². The maximum Gasteiger partial charge on any atom is 0.123 e. The quantitative estimate of drug-likeness (QED) is 0.812. The Labute approximate surface area is 104 Å². The fourth-order valence-electron chi connectivity index (χ4n) is 2.05. The van der Waals surface area contributed by atoms with Gasteiger partial charge in [-0.15, -0.1) is 0 Å². The Morgan fingerprint density at radius 2 is 2.12 bits per heavy atom. The van der Waals surface area contributed by atoms with Crippen molar-refractivity contribution in [2.24, 2.45) is 0 Å². The number of anilines is 1. The molecule has 0 aliphatic carbocycles. The molecule has 1 heterocycles. The SMILES string of the molecule is CCN(Cc1ccnc(N)c1)C(C)CN(C)C. The summed E-state index contributed by atoms with van der Waals surface area (Å²) in [5, 5.41) is 0. The summed E-state index contributed by atoms with van der Waals surface area (Å²) in [4.78, 5) is 8.67. The highest BCUT2D eigenvalue weighted by atomic mass is 15.2. The molecule has 0 fully saturated rings. The van der Waals surface area contributed by atoms with Crippen LogP contribution in [0.25, 0.3) is 0 Å². The zero-order valence-corrected chi connectivity index (χ0v) is 11.3. The summed E-state index contributed by atoms with van der Waals surface area (Å²) >= 11 is 0. The van der Waals surface area contributed by atoms with Gasteiger partial charge in [-0.2, -0.15) is 0 Å². The number of hydrogen-bond donors (Lipinski definition) is 1. The number of nitrogens with two attached hydrogens (primary N) is 1. The summed E-state index contributed by atoms with van der Waals surface area (Å²) < 4.78 is 0. The molecule has 0 radical (unpaired) electrons. The van der Waals surface area contributed by atoms with Crippen LogP contribution in [0, 0.1) is 0 Å². The Balaban J connectivity index is 2.63. The van der Waals surface area contributed by atoms with Crippen LogP contribution < -0.4 is 5.73 Å². The van der Waals surface area contributed by atoms with Gasteiger partial charge in [0.1, 0.15) is 5.82 Å². The largest absolute Gasteiger partial charge is 0.384 e. The molecule has 2 N–H and O–H groups in total. The van der Waals surface area contributed by atoms with Gasteiger partial charge in [0.05, 0.1) is 0 Å². The fourth-order valence-corrected chi connectivity index (χ4v) is 2.05. The molecular weight excluding hydrogens is 212 g/mol. The van der Waals surface area contributed by atoms with Crippen LogP contribution in [0.15, 0.2) is 18.3 Å². The van der Waals surface area contributed by atoms with Gasteiger partial charge in [0.2, 0.25) is 0 Å². The fraction of sp³-hybridized carbons (Fsp3) is 0.615. The van der Waals surface area contributed by atoms with Crippen LogP contribution in [0.5, 0.6) is 0 Å². The Morgan fingerprint density at radius 1 is 1.41 bits per heavy atom. The molecule has 0 amide bonds. The smallest absolute Gasteiger partial charge is 0.123 e. The van der Waals surface area contributed by atoms with E-state index in [1.807, 2.05) is 12.1 Å². The first kappa shape index (κ1) is 13.9.